The molecule has 120 valence electrons. The summed E-state index contributed by atoms with van der Waals surface area (Å²) in [5, 5.41) is 0.909. The zero-order valence-electron chi connectivity index (χ0n) is 12.9. The third-order valence-corrected chi connectivity index (χ3v) is 5.49. The Morgan fingerprint density at radius 3 is 2.83 bits per heavy atom. The minimum atomic E-state index is -1.01. The zero-order valence-corrected chi connectivity index (χ0v) is 12.9. The van der Waals surface area contributed by atoms with Gasteiger partial charge in [-0.3, -0.25) is 4.79 Å². The van der Waals surface area contributed by atoms with Crippen molar-refractivity contribution < 1.29 is 13.9 Å². The number of nitrogens with zero attached hydrogens (tertiary/aromatic N) is 2. The van der Waals surface area contributed by atoms with Gasteiger partial charge in [-0.05, 0) is 25.0 Å². The summed E-state index contributed by atoms with van der Waals surface area (Å²) in [6.45, 7) is 0. The van der Waals surface area contributed by atoms with Gasteiger partial charge in [0.1, 0.15) is 23.0 Å². The Balaban J connectivity index is 1.44. The van der Waals surface area contributed by atoms with E-state index in [2.05, 4.69) is 9.97 Å². The molecule has 0 spiro atoms. The molecule has 2 aromatic rings. The fraction of sp³-hybridized carbons (Fsp3) is 0.529. The second kappa shape index (κ2) is 4.04. The Morgan fingerprint density at radius 1 is 1.43 bits per heavy atom. The molecular weight excluding hydrogens is 297 g/mol. The van der Waals surface area contributed by atoms with Crippen LogP contribution in [0.4, 0.5) is 4.39 Å². The van der Waals surface area contributed by atoms with E-state index < -0.39 is 5.67 Å². The van der Waals surface area contributed by atoms with Crippen molar-refractivity contribution >= 4 is 16.8 Å². The normalized spacial score (nSPS) is 31.4. The minimum Gasteiger partial charge on any atom is -0.473 e. The Morgan fingerprint density at radius 2 is 2.17 bits per heavy atom. The van der Waals surface area contributed by atoms with Crippen molar-refractivity contribution in [1.82, 2.24) is 14.9 Å². The van der Waals surface area contributed by atoms with Crippen LogP contribution in [0.1, 0.15) is 42.6 Å². The molecule has 0 aromatic carbocycles. The van der Waals surface area contributed by atoms with E-state index in [0.29, 0.717) is 30.8 Å². The first kappa shape index (κ1) is 13.3. The number of H-pyrrole nitrogens is 1. The van der Waals surface area contributed by atoms with Crippen LogP contribution in [-0.2, 0) is 0 Å². The van der Waals surface area contributed by atoms with Crippen LogP contribution in [-0.4, -0.2) is 45.1 Å². The molecule has 1 N–H and O–H groups in total. The number of halogens is 1. The first-order chi connectivity index (χ1) is 11.0. The summed E-state index contributed by atoms with van der Waals surface area (Å²) in [4.78, 5) is 21.9. The van der Waals surface area contributed by atoms with Crippen molar-refractivity contribution in [3.63, 3.8) is 0 Å². The van der Waals surface area contributed by atoms with Crippen molar-refractivity contribution in [2.45, 2.75) is 49.4 Å². The molecule has 2 aromatic heterocycles. The second-order valence-corrected chi connectivity index (χ2v) is 7.35. The number of carbonyl (C=O) groups is 1. The number of fused-ring (bicyclic) bond motifs is 1. The lowest BCUT2D eigenvalue weighted by molar-refractivity contribution is -0.207. The third kappa shape index (κ3) is 1.84. The number of ether oxygens (including phenoxy) is 1. The largest absolute Gasteiger partial charge is 0.473 e. The average molecular weight is 315 g/mol. The van der Waals surface area contributed by atoms with Crippen LogP contribution in [0.5, 0.6) is 5.88 Å². The first-order valence-electron chi connectivity index (χ1n) is 8.10. The molecule has 4 aliphatic rings. The summed E-state index contributed by atoms with van der Waals surface area (Å²) in [5.41, 5.74) is -0.0108. The van der Waals surface area contributed by atoms with E-state index >= 15 is 0 Å². The Bertz CT molecular complexity index is 807. The maximum absolute atomic E-state index is 13.7. The van der Waals surface area contributed by atoms with Gasteiger partial charge in [-0.1, -0.05) is 0 Å². The highest BCUT2D eigenvalue weighted by molar-refractivity contribution is 5.99. The average Bonchev–Trinajstić information content (AvgIpc) is 3.17. The third-order valence-electron chi connectivity index (χ3n) is 5.49. The van der Waals surface area contributed by atoms with Crippen LogP contribution in [0.15, 0.2) is 18.3 Å². The van der Waals surface area contributed by atoms with Crippen molar-refractivity contribution in [3.05, 3.63) is 24.0 Å². The molecule has 6 rings (SSSR count). The van der Waals surface area contributed by atoms with Crippen molar-refractivity contribution in [2.24, 2.45) is 0 Å². The van der Waals surface area contributed by atoms with E-state index in [1.807, 2.05) is 12.1 Å². The van der Waals surface area contributed by atoms with E-state index in [4.69, 9.17) is 4.74 Å². The van der Waals surface area contributed by atoms with Gasteiger partial charge in [-0.2, -0.15) is 0 Å². The number of hydrogen-bond acceptors (Lipinski definition) is 3. The summed E-state index contributed by atoms with van der Waals surface area (Å²) in [5.74, 6) is 0.459. The molecule has 0 unspecified atom stereocenters. The smallest absolute Gasteiger partial charge is 0.270 e. The van der Waals surface area contributed by atoms with Gasteiger partial charge in [0.15, 0.2) is 0 Å². The number of amides is 1. The van der Waals surface area contributed by atoms with Crippen molar-refractivity contribution in [2.75, 3.05) is 7.05 Å². The Hall–Kier alpha value is -2.11. The molecule has 0 saturated heterocycles. The van der Waals surface area contributed by atoms with Gasteiger partial charge in [0, 0.05) is 37.9 Å². The number of hydrogen-bond donors (Lipinski definition) is 1. The van der Waals surface area contributed by atoms with Gasteiger partial charge >= 0.3 is 0 Å². The fourth-order valence-corrected chi connectivity index (χ4v) is 3.94. The highest BCUT2D eigenvalue weighted by atomic mass is 19.1. The lowest BCUT2D eigenvalue weighted by Gasteiger charge is -2.68. The van der Waals surface area contributed by atoms with Crippen LogP contribution >= 0.6 is 0 Å². The summed E-state index contributed by atoms with van der Waals surface area (Å²) < 4.78 is 19.5. The van der Waals surface area contributed by atoms with Crippen LogP contribution in [0.2, 0.25) is 0 Å². The van der Waals surface area contributed by atoms with Crippen molar-refractivity contribution in [3.8, 4) is 5.88 Å². The molecule has 0 radical (unpaired) electrons. The first-order valence-corrected chi connectivity index (χ1v) is 8.10. The molecule has 2 bridgehead atoms. The Kier molecular flexibility index (Phi) is 2.35. The highest BCUT2D eigenvalue weighted by Crippen LogP contribution is 2.65. The molecule has 1 amide bonds. The van der Waals surface area contributed by atoms with Gasteiger partial charge in [0.05, 0.1) is 5.54 Å². The van der Waals surface area contributed by atoms with Gasteiger partial charge in [-0.25, -0.2) is 9.37 Å². The summed E-state index contributed by atoms with van der Waals surface area (Å²) in [6.07, 6.45) is 5.47. The number of rotatable bonds is 4. The quantitative estimate of drug-likeness (QED) is 0.944. The lowest BCUT2D eigenvalue weighted by atomic mass is 9.47. The summed E-state index contributed by atoms with van der Waals surface area (Å²) in [7, 11) is 1.77. The maximum atomic E-state index is 13.7. The predicted molar refractivity (Wildman–Crippen MR) is 82.3 cm³/mol. The number of aromatic nitrogens is 2. The van der Waals surface area contributed by atoms with Crippen LogP contribution in [0, 0.1) is 0 Å². The van der Waals surface area contributed by atoms with Crippen LogP contribution < -0.4 is 4.74 Å². The van der Waals surface area contributed by atoms with Gasteiger partial charge in [0.2, 0.25) is 5.88 Å². The van der Waals surface area contributed by atoms with Crippen LogP contribution in [0.3, 0.4) is 0 Å². The standard InChI is InChI=1S/C17H18FN3O2/c1-21(17-7-16(18,8-17)9-17)15(22)12-6-10-4-5-19-14(13(10)20-12)23-11-2-3-11/h4-6,11,20H,2-3,7-9H2,1H3. The number of alkyl halides is 1. The Labute approximate surface area is 132 Å². The maximum Gasteiger partial charge on any atom is 0.270 e. The van der Waals surface area contributed by atoms with E-state index in [1.165, 1.54) is 0 Å². The molecule has 4 aliphatic carbocycles. The van der Waals surface area contributed by atoms with Gasteiger partial charge in [0.25, 0.3) is 5.91 Å². The van der Waals surface area contributed by atoms with Gasteiger partial charge < -0.3 is 14.6 Å². The number of nitrogens with one attached hydrogen (secondary N) is 1. The van der Waals surface area contributed by atoms with Crippen LogP contribution in [0.25, 0.3) is 10.9 Å². The summed E-state index contributed by atoms with van der Waals surface area (Å²) >= 11 is 0. The van der Waals surface area contributed by atoms with E-state index in [1.54, 1.807) is 18.1 Å². The molecule has 2 heterocycles. The molecular formula is C17H18FN3O2. The molecule has 4 saturated carbocycles. The predicted octanol–water partition coefficient (Wildman–Crippen LogP) is 2.82. The molecule has 5 nitrogen and oxygen atoms in total. The number of pyridine rings is 1. The summed E-state index contributed by atoms with van der Waals surface area (Å²) in [6, 6.07) is 3.69. The topological polar surface area (TPSA) is 58.2 Å². The highest BCUT2D eigenvalue weighted by Gasteiger charge is 2.71. The minimum absolute atomic E-state index is 0.0969. The molecule has 4 fully saturated rings. The van der Waals surface area contributed by atoms with E-state index in [-0.39, 0.29) is 17.6 Å². The van der Waals surface area contributed by atoms with Gasteiger partial charge in [-0.15, -0.1) is 0 Å². The molecule has 6 heteroatoms. The SMILES string of the molecule is CN(C(=O)c1cc2ccnc(OC3CC3)c2[nH]1)C12CC(F)(C1)C2. The molecule has 23 heavy (non-hydrogen) atoms. The fourth-order valence-electron chi connectivity index (χ4n) is 3.94. The van der Waals surface area contributed by atoms with E-state index in [0.717, 1.165) is 23.7 Å². The van der Waals surface area contributed by atoms with E-state index in [9.17, 15) is 9.18 Å². The van der Waals surface area contributed by atoms with Crippen molar-refractivity contribution in [1.29, 1.82) is 0 Å². The number of aromatic amines is 1. The molecule has 0 atom stereocenters. The molecule has 0 aliphatic heterocycles. The zero-order chi connectivity index (χ0) is 15.8. The lowest BCUT2D eigenvalue weighted by Crippen LogP contribution is -2.76. The number of carbonyl (C=O) groups excluding carboxylic acids is 1. The second-order valence-electron chi connectivity index (χ2n) is 7.35. The monoisotopic (exact) mass is 315 g/mol.